The van der Waals surface area contributed by atoms with E-state index in [1.807, 2.05) is 45.9 Å². The predicted molar refractivity (Wildman–Crippen MR) is 76.0 cm³/mol. The van der Waals surface area contributed by atoms with Crippen LogP contribution in [-0.4, -0.2) is 16.2 Å². The molecule has 0 aliphatic heterocycles. The van der Waals surface area contributed by atoms with Gasteiger partial charge in [0.15, 0.2) is 0 Å². The van der Waals surface area contributed by atoms with Crippen molar-refractivity contribution in [2.24, 2.45) is 0 Å². The van der Waals surface area contributed by atoms with Gasteiger partial charge in [-0.1, -0.05) is 28.9 Å². The average Bonchev–Trinajstić information content (AvgIpc) is 2.69. The Labute approximate surface area is 118 Å². The highest BCUT2D eigenvalue weighted by molar-refractivity contribution is 5.77. The lowest BCUT2D eigenvalue weighted by Gasteiger charge is -2.16. The van der Waals surface area contributed by atoms with E-state index in [0.29, 0.717) is 12.2 Å². The molecule has 0 amide bonds. The third-order valence-corrected chi connectivity index (χ3v) is 3.70. The smallest absolute Gasteiger partial charge is 0.311 e. The summed E-state index contributed by atoms with van der Waals surface area (Å²) in [7, 11) is 0. The lowest BCUT2D eigenvalue weighted by atomic mass is 9.88. The van der Waals surface area contributed by atoms with E-state index in [9.17, 15) is 9.90 Å². The summed E-state index contributed by atoms with van der Waals surface area (Å²) in [5, 5.41) is 13.5. The maximum Gasteiger partial charge on any atom is 0.311 e. The molecule has 1 N–H and O–H groups in total. The molecule has 1 heterocycles. The van der Waals surface area contributed by atoms with Gasteiger partial charge in [-0.25, -0.2) is 0 Å². The SMILES string of the molecule is Cc1ccc(C)c(C(Cc2c(C)noc2C)C(=O)O)c1. The Bertz CT molecular complexity index is 624. The molecule has 1 atom stereocenters. The van der Waals surface area contributed by atoms with Crippen molar-refractivity contribution >= 4 is 5.97 Å². The zero-order valence-corrected chi connectivity index (χ0v) is 12.2. The molecule has 0 bridgehead atoms. The van der Waals surface area contributed by atoms with Gasteiger partial charge in [0.05, 0.1) is 11.6 Å². The van der Waals surface area contributed by atoms with Crippen LogP contribution < -0.4 is 0 Å². The van der Waals surface area contributed by atoms with Gasteiger partial charge in [0, 0.05) is 5.56 Å². The van der Waals surface area contributed by atoms with Crippen LogP contribution in [0.15, 0.2) is 22.7 Å². The molecule has 0 aliphatic rings. The molecule has 1 aromatic heterocycles. The lowest BCUT2D eigenvalue weighted by molar-refractivity contribution is -0.138. The van der Waals surface area contributed by atoms with Crippen molar-refractivity contribution in [2.45, 2.75) is 40.0 Å². The first-order valence-electron chi connectivity index (χ1n) is 6.62. The molecule has 4 nitrogen and oxygen atoms in total. The molecule has 1 aromatic carbocycles. The summed E-state index contributed by atoms with van der Waals surface area (Å²) in [5.41, 5.74) is 4.57. The molecule has 2 aromatic rings. The van der Waals surface area contributed by atoms with Gasteiger partial charge < -0.3 is 9.63 Å². The minimum absolute atomic E-state index is 0.404. The summed E-state index contributed by atoms with van der Waals surface area (Å²) in [5.74, 6) is -0.704. The molecule has 2 rings (SSSR count). The fourth-order valence-electron chi connectivity index (χ4n) is 2.46. The molecule has 106 valence electrons. The Hall–Kier alpha value is -2.10. The standard InChI is InChI=1S/C16H19NO3/c1-9-5-6-10(2)13(7-9)15(16(18)19)8-14-11(3)17-20-12(14)4/h5-7,15H,8H2,1-4H3,(H,18,19). The second-order valence-corrected chi connectivity index (χ2v) is 5.26. The Morgan fingerprint density at radius 2 is 2.00 bits per heavy atom. The normalized spacial score (nSPS) is 12.4. The maximum absolute atomic E-state index is 11.7. The molecule has 0 fully saturated rings. The van der Waals surface area contributed by atoms with Crippen LogP contribution in [0.5, 0.6) is 0 Å². The van der Waals surface area contributed by atoms with Crippen molar-refractivity contribution < 1.29 is 14.4 Å². The second-order valence-electron chi connectivity index (χ2n) is 5.26. The van der Waals surface area contributed by atoms with Crippen LogP contribution in [0.1, 0.15) is 39.6 Å². The summed E-state index contributed by atoms with van der Waals surface area (Å²) < 4.78 is 5.12. The number of carbonyl (C=O) groups is 1. The molecule has 0 radical (unpaired) electrons. The molecular weight excluding hydrogens is 254 g/mol. The van der Waals surface area contributed by atoms with Crippen molar-refractivity contribution in [1.82, 2.24) is 5.16 Å². The number of rotatable bonds is 4. The van der Waals surface area contributed by atoms with Gasteiger partial charge in [0.25, 0.3) is 0 Å². The molecule has 0 aliphatic carbocycles. The van der Waals surface area contributed by atoms with Crippen molar-refractivity contribution in [2.75, 3.05) is 0 Å². The van der Waals surface area contributed by atoms with Crippen LogP contribution in [0.4, 0.5) is 0 Å². The number of hydrogen-bond donors (Lipinski definition) is 1. The Kier molecular flexibility index (Phi) is 3.93. The minimum Gasteiger partial charge on any atom is -0.481 e. The van der Waals surface area contributed by atoms with Gasteiger partial charge in [0.1, 0.15) is 5.76 Å². The van der Waals surface area contributed by atoms with Gasteiger partial charge in [-0.05, 0) is 45.2 Å². The molecule has 1 unspecified atom stereocenters. The van der Waals surface area contributed by atoms with Gasteiger partial charge in [0.2, 0.25) is 0 Å². The van der Waals surface area contributed by atoms with E-state index in [0.717, 1.165) is 27.9 Å². The number of carboxylic acid groups (broad SMARTS) is 1. The van der Waals surface area contributed by atoms with E-state index >= 15 is 0 Å². The zero-order valence-electron chi connectivity index (χ0n) is 12.2. The van der Waals surface area contributed by atoms with E-state index in [1.54, 1.807) is 0 Å². The first kappa shape index (κ1) is 14.3. The van der Waals surface area contributed by atoms with Gasteiger partial charge in [-0.2, -0.15) is 0 Å². The van der Waals surface area contributed by atoms with Gasteiger partial charge in [-0.3, -0.25) is 4.79 Å². The monoisotopic (exact) mass is 273 g/mol. The number of benzene rings is 1. The molecule has 20 heavy (non-hydrogen) atoms. The van der Waals surface area contributed by atoms with Gasteiger partial charge in [-0.15, -0.1) is 0 Å². The highest BCUT2D eigenvalue weighted by Crippen LogP contribution is 2.28. The van der Waals surface area contributed by atoms with Crippen LogP contribution in [0.2, 0.25) is 0 Å². The molecular formula is C16H19NO3. The molecule has 0 spiro atoms. The Balaban J connectivity index is 2.42. The van der Waals surface area contributed by atoms with E-state index < -0.39 is 11.9 Å². The highest BCUT2D eigenvalue weighted by Gasteiger charge is 2.25. The quantitative estimate of drug-likeness (QED) is 0.928. The summed E-state index contributed by atoms with van der Waals surface area (Å²) in [4.78, 5) is 11.7. The summed E-state index contributed by atoms with van der Waals surface area (Å²) in [6.45, 7) is 7.57. The third kappa shape index (κ3) is 2.74. The highest BCUT2D eigenvalue weighted by atomic mass is 16.5. The largest absolute Gasteiger partial charge is 0.481 e. The van der Waals surface area contributed by atoms with E-state index in [1.165, 1.54) is 0 Å². The number of aliphatic carboxylic acids is 1. The number of hydrogen-bond acceptors (Lipinski definition) is 3. The molecule has 4 heteroatoms. The first-order chi connectivity index (χ1) is 9.40. The van der Waals surface area contributed by atoms with E-state index in [-0.39, 0.29) is 0 Å². The minimum atomic E-state index is -0.821. The van der Waals surface area contributed by atoms with E-state index in [4.69, 9.17) is 4.52 Å². The summed E-state index contributed by atoms with van der Waals surface area (Å²) in [6.07, 6.45) is 0.404. The Morgan fingerprint density at radius 1 is 1.30 bits per heavy atom. The van der Waals surface area contributed by atoms with Crippen LogP contribution in [-0.2, 0) is 11.2 Å². The van der Waals surface area contributed by atoms with Crippen LogP contribution >= 0.6 is 0 Å². The van der Waals surface area contributed by atoms with Crippen molar-refractivity contribution in [1.29, 1.82) is 0 Å². The summed E-state index contributed by atoms with van der Waals surface area (Å²) in [6, 6.07) is 5.91. The van der Waals surface area contributed by atoms with Crippen molar-refractivity contribution in [3.05, 3.63) is 51.9 Å². The first-order valence-corrected chi connectivity index (χ1v) is 6.62. The summed E-state index contributed by atoms with van der Waals surface area (Å²) >= 11 is 0. The molecule has 0 saturated heterocycles. The van der Waals surface area contributed by atoms with Crippen LogP contribution in [0.3, 0.4) is 0 Å². The number of nitrogens with zero attached hydrogens (tertiary/aromatic N) is 1. The zero-order chi connectivity index (χ0) is 14.9. The molecule has 0 saturated carbocycles. The third-order valence-electron chi connectivity index (χ3n) is 3.70. The Morgan fingerprint density at radius 3 is 2.55 bits per heavy atom. The number of aromatic nitrogens is 1. The fourth-order valence-corrected chi connectivity index (χ4v) is 2.46. The number of aryl methyl sites for hydroxylation is 4. The predicted octanol–water partition coefficient (Wildman–Crippen LogP) is 3.32. The second kappa shape index (κ2) is 5.49. The van der Waals surface area contributed by atoms with E-state index in [2.05, 4.69) is 5.16 Å². The topological polar surface area (TPSA) is 63.3 Å². The van der Waals surface area contributed by atoms with Crippen molar-refractivity contribution in [3.8, 4) is 0 Å². The lowest BCUT2D eigenvalue weighted by Crippen LogP contribution is -2.16. The van der Waals surface area contributed by atoms with Crippen LogP contribution in [0.25, 0.3) is 0 Å². The fraction of sp³-hybridized carbons (Fsp3) is 0.375. The average molecular weight is 273 g/mol. The van der Waals surface area contributed by atoms with Crippen molar-refractivity contribution in [3.63, 3.8) is 0 Å². The number of carboxylic acids is 1. The van der Waals surface area contributed by atoms with Crippen LogP contribution in [0, 0.1) is 27.7 Å². The van der Waals surface area contributed by atoms with Gasteiger partial charge >= 0.3 is 5.97 Å². The maximum atomic E-state index is 11.7.